The summed E-state index contributed by atoms with van der Waals surface area (Å²) in [6.45, 7) is 0. The van der Waals surface area contributed by atoms with Gasteiger partial charge in [-0.05, 0) is 69.8 Å². The Morgan fingerprint density at radius 1 is 0.318 bits per heavy atom. The van der Waals surface area contributed by atoms with Crippen LogP contribution in [-0.4, -0.2) is 4.57 Å². The molecule has 9 rings (SSSR count). The fraction of sp³-hybridized carbons (Fsp3) is 0. The highest BCUT2D eigenvalue weighted by atomic mass is 32.1. The van der Waals surface area contributed by atoms with E-state index < -0.39 is 0 Å². The van der Waals surface area contributed by atoms with Crippen molar-refractivity contribution in [2.24, 2.45) is 0 Å². The Balaban J connectivity index is 0.980. The molecule has 0 aliphatic rings. The summed E-state index contributed by atoms with van der Waals surface area (Å²) in [4.78, 5) is 0. The first-order valence-corrected chi connectivity index (χ1v) is 15.8. The lowest BCUT2D eigenvalue weighted by molar-refractivity contribution is 1.18. The van der Waals surface area contributed by atoms with Gasteiger partial charge in [0, 0.05) is 36.6 Å². The van der Waals surface area contributed by atoms with Crippen LogP contribution in [0.5, 0.6) is 0 Å². The standard InChI is InChI=1S/C42H27NS/c1-4-10-39-35(7-1)36-8-2-5-11-40(36)43(39)34-24-21-31(22-25-34)30-15-13-28(14-16-30)29-17-19-32(20-18-29)33-23-26-38-37-9-3-6-12-41(37)44-42(38)27-33/h1-27H. The number of aromatic nitrogens is 1. The third-order valence-electron chi connectivity index (χ3n) is 8.85. The summed E-state index contributed by atoms with van der Waals surface area (Å²) in [5, 5.41) is 5.26. The zero-order chi connectivity index (χ0) is 29.0. The second-order valence-electron chi connectivity index (χ2n) is 11.4. The van der Waals surface area contributed by atoms with Gasteiger partial charge in [0.2, 0.25) is 0 Å². The van der Waals surface area contributed by atoms with Gasteiger partial charge in [0.05, 0.1) is 11.0 Å². The highest BCUT2D eigenvalue weighted by molar-refractivity contribution is 7.25. The Bertz CT molecular complexity index is 2410. The van der Waals surface area contributed by atoms with Gasteiger partial charge >= 0.3 is 0 Å². The molecule has 0 saturated heterocycles. The van der Waals surface area contributed by atoms with Crippen LogP contribution in [0, 0.1) is 0 Å². The van der Waals surface area contributed by atoms with Gasteiger partial charge in [0.15, 0.2) is 0 Å². The van der Waals surface area contributed by atoms with Gasteiger partial charge in [0.25, 0.3) is 0 Å². The van der Waals surface area contributed by atoms with Crippen LogP contribution in [0.15, 0.2) is 164 Å². The van der Waals surface area contributed by atoms with Crippen molar-refractivity contribution in [1.82, 2.24) is 4.57 Å². The highest BCUT2D eigenvalue weighted by Crippen LogP contribution is 2.37. The van der Waals surface area contributed by atoms with Crippen LogP contribution in [-0.2, 0) is 0 Å². The molecule has 0 radical (unpaired) electrons. The topological polar surface area (TPSA) is 4.93 Å². The summed E-state index contributed by atoms with van der Waals surface area (Å²) in [5.41, 5.74) is 11.0. The predicted molar refractivity (Wildman–Crippen MR) is 190 cm³/mol. The SMILES string of the molecule is c1ccc2c(c1)sc1cc(-c3ccc(-c4ccc(-c5ccc(-n6c7ccccc7c7ccccc76)cc5)cc4)cc3)ccc12. The molecule has 7 aromatic carbocycles. The second kappa shape index (κ2) is 10.1. The highest BCUT2D eigenvalue weighted by Gasteiger charge is 2.12. The molecule has 0 fully saturated rings. The van der Waals surface area contributed by atoms with Crippen molar-refractivity contribution in [1.29, 1.82) is 0 Å². The van der Waals surface area contributed by atoms with Gasteiger partial charge in [-0.15, -0.1) is 11.3 Å². The fourth-order valence-corrected chi connectivity index (χ4v) is 7.76. The molecule has 2 aromatic heterocycles. The van der Waals surface area contributed by atoms with Gasteiger partial charge in [0.1, 0.15) is 0 Å². The molecule has 0 unspecified atom stereocenters. The fourth-order valence-electron chi connectivity index (χ4n) is 6.62. The van der Waals surface area contributed by atoms with E-state index in [1.165, 1.54) is 81.0 Å². The van der Waals surface area contributed by atoms with E-state index in [-0.39, 0.29) is 0 Å². The van der Waals surface area contributed by atoms with E-state index in [0.29, 0.717) is 0 Å². The van der Waals surface area contributed by atoms with E-state index in [0.717, 1.165) is 0 Å². The van der Waals surface area contributed by atoms with Gasteiger partial charge in [-0.3, -0.25) is 0 Å². The molecular formula is C42H27NS. The average Bonchev–Trinajstić information content (AvgIpc) is 3.64. The average molecular weight is 578 g/mol. The minimum Gasteiger partial charge on any atom is -0.309 e. The molecule has 0 spiro atoms. The number of hydrogen-bond acceptors (Lipinski definition) is 1. The third-order valence-corrected chi connectivity index (χ3v) is 9.99. The van der Waals surface area contributed by atoms with Gasteiger partial charge < -0.3 is 4.57 Å². The van der Waals surface area contributed by atoms with E-state index >= 15 is 0 Å². The first kappa shape index (κ1) is 25.1. The Morgan fingerprint density at radius 3 is 1.30 bits per heavy atom. The van der Waals surface area contributed by atoms with Gasteiger partial charge in [-0.1, -0.05) is 127 Å². The van der Waals surface area contributed by atoms with Crippen LogP contribution in [0.1, 0.15) is 0 Å². The predicted octanol–water partition coefficient (Wildman–Crippen LogP) is 12.2. The van der Waals surface area contributed by atoms with Crippen molar-refractivity contribution in [2.75, 3.05) is 0 Å². The molecule has 0 atom stereocenters. The molecule has 0 aliphatic heterocycles. The number of para-hydroxylation sites is 2. The molecule has 2 heteroatoms. The minimum absolute atomic E-state index is 1.18. The second-order valence-corrected chi connectivity index (χ2v) is 12.5. The van der Waals surface area contributed by atoms with E-state index in [2.05, 4.69) is 168 Å². The van der Waals surface area contributed by atoms with Crippen LogP contribution in [0.2, 0.25) is 0 Å². The zero-order valence-electron chi connectivity index (χ0n) is 23.9. The maximum absolute atomic E-state index is 2.36. The number of fused-ring (bicyclic) bond motifs is 6. The molecule has 1 nitrogen and oxygen atoms in total. The van der Waals surface area contributed by atoms with Crippen molar-refractivity contribution >= 4 is 53.3 Å². The van der Waals surface area contributed by atoms with Crippen molar-refractivity contribution < 1.29 is 0 Å². The smallest absolute Gasteiger partial charge is 0.0541 e. The number of benzene rings is 7. The molecule has 0 N–H and O–H groups in total. The Kier molecular flexibility index (Phi) is 5.75. The van der Waals surface area contributed by atoms with E-state index in [1.807, 2.05) is 11.3 Å². The summed E-state index contributed by atoms with van der Waals surface area (Å²) < 4.78 is 5.05. The molecule has 0 aliphatic carbocycles. The molecule has 0 bridgehead atoms. The largest absolute Gasteiger partial charge is 0.309 e. The summed E-state index contributed by atoms with van der Waals surface area (Å²) in [7, 11) is 0. The molecule has 0 saturated carbocycles. The van der Waals surface area contributed by atoms with Crippen LogP contribution in [0.4, 0.5) is 0 Å². The Morgan fingerprint density at radius 2 is 0.727 bits per heavy atom. The lowest BCUT2D eigenvalue weighted by Gasteiger charge is -2.10. The van der Waals surface area contributed by atoms with Crippen LogP contribution >= 0.6 is 11.3 Å². The molecule has 44 heavy (non-hydrogen) atoms. The lowest BCUT2D eigenvalue weighted by atomic mass is 9.97. The van der Waals surface area contributed by atoms with E-state index in [1.54, 1.807) is 0 Å². The summed E-state index contributed by atoms with van der Waals surface area (Å²) in [6, 6.07) is 59.6. The Hall–Kier alpha value is -5.44. The first-order valence-electron chi connectivity index (χ1n) is 15.0. The van der Waals surface area contributed by atoms with Crippen molar-refractivity contribution in [3.63, 3.8) is 0 Å². The maximum atomic E-state index is 2.36. The maximum Gasteiger partial charge on any atom is 0.0541 e. The first-order chi connectivity index (χ1) is 21.8. The van der Waals surface area contributed by atoms with Crippen LogP contribution in [0.3, 0.4) is 0 Å². The normalized spacial score (nSPS) is 11.6. The number of nitrogens with zero attached hydrogens (tertiary/aromatic N) is 1. The number of thiophene rings is 1. The monoisotopic (exact) mass is 577 g/mol. The number of rotatable bonds is 4. The third kappa shape index (κ3) is 4.07. The summed E-state index contributed by atoms with van der Waals surface area (Å²) in [5.74, 6) is 0. The van der Waals surface area contributed by atoms with Crippen molar-refractivity contribution in [2.45, 2.75) is 0 Å². The Labute approximate surface area is 259 Å². The lowest BCUT2D eigenvalue weighted by Crippen LogP contribution is -1.93. The van der Waals surface area contributed by atoms with Crippen molar-refractivity contribution in [3.8, 4) is 39.1 Å². The molecule has 9 aromatic rings. The van der Waals surface area contributed by atoms with Gasteiger partial charge in [-0.25, -0.2) is 0 Å². The van der Waals surface area contributed by atoms with E-state index in [4.69, 9.17) is 0 Å². The van der Waals surface area contributed by atoms with Gasteiger partial charge in [-0.2, -0.15) is 0 Å². The summed E-state index contributed by atoms with van der Waals surface area (Å²) in [6.07, 6.45) is 0. The molecule has 0 amide bonds. The van der Waals surface area contributed by atoms with Crippen molar-refractivity contribution in [3.05, 3.63) is 164 Å². The molecular weight excluding hydrogens is 551 g/mol. The quantitative estimate of drug-likeness (QED) is 0.196. The number of hydrogen-bond donors (Lipinski definition) is 0. The molecule has 206 valence electrons. The van der Waals surface area contributed by atoms with Crippen LogP contribution in [0.25, 0.3) is 81.0 Å². The van der Waals surface area contributed by atoms with Crippen LogP contribution < -0.4 is 0 Å². The summed E-state index contributed by atoms with van der Waals surface area (Å²) >= 11 is 1.87. The minimum atomic E-state index is 1.18. The van der Waals surface area contributed by atoms with E-state index in [9.17, 15) is 0 Å². The molecule has 2 heterocycles. The zero-order valence-corrected chi connectivity index (χ0v) is 24.8.